The zero-order chi connectivity index (χ0) is 23.1. The van der Waals surface area contributed by atoms with Crippen LogP contribution in [-0.4, -0.2) is 54.3 Å². The molecule has 4 N–H and O–H groups in total. The van der Waals surface area contributed by atoms with Crippen LogP contribution in [0.2, 0.25) is 0 Å². The Morgan fingerprint density at radius 2 is 1.88 bits per heavy atom. The van der Waals surface area contributed by atoms with Crippen molar-refractivity contribution in [3.05, 3.63) is 29.2 Å². The van der Waals surface area contributed by atoms with Gasteiger partial charge in [-0.05, 0) is 56.6 Å². The Balaban J connectivity index is 1.69. The maximum atomic E-state index is 13.7. The van der Waals surface area contributed by atoms with Crippen LogP contribution in [0.25, 0.3) is 5.70 Å². The number of likely N-dealkylation sites (N-methyl/N-ethyl adjacent to an activating group) is 1. The Morgan fingerprint density at radius 3 is 2.47 bits per heavy atom. The second-order valence-electron chi connectivity index (χ2n) is 8.86. The van der Waals surface area contributed by atoms with Gasteiger partial charge < -0.3 is 25.1 Å². The third kappa shape index (κ3) is 6.25. The average Bonchev–Trinajstić information content (AvgIpc) is 2.76. The van der Waals surface area contributed by atoms with E-state index in [2.05, 4.69) is 4.98 Å². The van der Waals surface area contributed by atoms with Crippen LogP contribution in [0.1, 0.15) is 62.8 Å². The summed E-state index contributed by atoms with van der Waals surface area (Å²) in [6.07, 6.45) is 8.56. The topological polar surface area (TPSA) is 107 Å². The summed E-state index contributed by atoms with van der Waals surface area (Å²) in [5.74, 6) is 6.93. The lowest BCUT2D eigenvalue weighted by molar-refractivity contribution is 0.101. The minimum atomic E-state index is -0.766. The lowest BCUT2D eigenvalue weighted by Gasteiger charge is -2.30. The number of rotatable bonds is 9. The van der Waals surface area contributed by atoms with Crippen LogP contribution < -0.4 is 16.3 Å². The molecule has 0 aliphatic heterocycles. The van der Waals surface area contributed by atoms with E-state index < -0.39 is 12.8 Å². The minimum absolute atomic E-state index is 0.0941. The average molecular weight is 450 g/mol. The number of pyridine rings is 1. The zero-order valence-corrected chi connectivity index (χ0v) is 19.2. The van der Waals surface area contributed by atoms with Gasteiger partial charge in [0.15, 0.2) is 0 Å². The van der Waals surface area contributed by atoms with Gasteiger partial charge in [-0.2, -0.15) is 0 Å². The van der Waals surface area contributed by atoms with Gasteiger partial charge in [0.05, 0.1) is 23.2 Å². The number of carbonyl (C=O) groups excluding carboxylic acids is 1. The number of hydrazine groups is 1. The van der Waals surface area contributed by atoms with Gasteiger partial charge in [0.2, 0.25) is 0 Å². The number of hydrogen-bond donors (Lipinski definition) is 2. The standard InChI is InChI=1S/C23H36FN5O3/c1-28(14-16-7-6-8-16)23(30)31-15-20(29(2)26)22(25)18-11-12-21(19(13-24)27-18)32-17-9-4-3-5-10-17/h11-12,16-17H,3-10,13-15,25-26H2,1-2H3/b22-20-. The SMILES string of the molecule is CN(CC1CCC1)C(=O)OC/C(=C(/N)c1ccc(OC2CCCCC2)c(CF)n1)N(C)N. The Labute approximate surface area is 189 Å². The highest BCUT2D eigenvalue weighted by Crippen LogP contribution is 2.28. The molecule has 8 nitrogen and oxygen atoms in total. The molecule has 2 aliphatic carbocycles. The number of amides is 1. The van der Waals surface area contributed by atoms with E-state index in [1.807, 2.05) is 0 Å². The summed E-state index contributed by atoms with van der Waals surface area (Å²) >= 11 is 0. The summed E-state index contributed by atoms with van der Waals surface area (Å²) in [6.45, 7) is -0.201. The Bertz CT molecular complexity index is 807. The van der Waals surface area contributed by atoms with Crippen molar-refractivity contribution in [3.8, 4) is 5.75 Å². The first-order valence-electron chi connectivity index (χ1n) is 11.5. The fourth-order valence-electron chi connectivity index (χ4n) is 4.10. The highest BCUT2D eigenvalue weighted by molar-refractivity contribution is 5.68. The molecule has 0 saturated heterocycles. The summed E-state index contributed by atoms with van der Waals surface area (Å²) in [6, 6.07) is 3.38. The molecule has 9 heteroatoms. The smallest absolute Gasteiger partial charge is 0.409 e. The van der Waals surface area contributed by atoms with Crippen LogP contribution in [0.4, 0.5) is 9.18 Å². The molecular weight excluding hydrogens is 413 g/mol. The number of aromatic nitrogens is 1. The molecule has 3 rings (SSSR count). The van der Waals surface area contributed by atoms with Crippen LogP contribution in [0, 0.1) is 5.92 Å². The van der Waals surface area contributed by atoms with Gasteiger partial charge in [-0.15, -0.1) is 0 Å². The first-order valence-corrected chi connectivity index (χ1v) is 11.5. The monoisotopic (exact) mass is 449 g/mol. The molecule has 1 aromatic heterocycles. The molecule has 1 heterocycles. The van der Waals surface area contributed by atoms with Gasteiger partial charge in [0, 0.05) is 20.6 Å². The maximum absolute atomic E-state index is 13.7. The van der Waals surface area contributed by atoms with Gasteiger partial charge >= 0.3 is 6.09 Å². The molecular formula is C23H36FN5O3. The molecule has 1 amide bonds. The highest BCUT2D eigenvalue weighted by Gasteiger charge is 2.23. The van der Waals surface area contributed by atoms with Gasteiger partial charge in [-0.25, -0.2) is 20.0 Å². The largest absolute Gasteiger partial charge is 0.488 e. The first kappa shape index (κ1) is 24.1. The second kappa shape index (κ2) is 11.4. The van der Waals surface area contributed by atoms with Gasteiger partial charge in [0.1, 0.15) is 24.7 Å². The first-order chi connectivity index (χ1) is 15.4. The fraction of sp³-hybridized carbons (Fsp3) is 0.652. The number of nitrogens with zero attached hydrogens (tertiary/aromatic N) is 3. The molecule has 178 valence electrons. The summed E-state index contributed by atoms with van der Waals surface area (Å²) in [4.78, 5) is 18.3. The van der Waals surface area contributed by atoms with Crippen LogP contribution in [-0.2, 0) is 11.4 Å². The number of nitrogens with two attached hydrogens (primary N) is 2. The number of carbonyl (C=O) groups is 1. The molecule has 0 spiro atoms. The lowest BCUT2D eigenvalue weighted by atomic mass is 9.85. The quantitative estimate of drug-likeness (QED) is 0.438. The molecule has 1 aromatic rings. The molecule has 0 bridgehead atoms. The van der Waals surface area contributed by atoms with Crippen molar-refractivity contribution in [2.45, 2.75) is 64.1 Å². The molecule has 2 fully saturated rings. The van der Waals surface area contributed by atoms with Crippen LogP contribution in [0.3, 0.4) is 0 Å². The minimum Gasteiger partial charge on any atom is -0.488 e. The summed E-state index contributed by atoms with van der Waals surface area (Å²) in [5.41, 5.74) is 7.47. The van der Waals surface area contributed by atoms with Crippen molar-refractivity contribution in [3.63, 3.8) is 0 Å². The fourth-order valence-corrected chi connectivity index (χ4v) is 4.10. The summed E-state index contributed by atoms with van der Waals surface area (Å²) < 4.78 is 25.1. The number of ether oxygens (including phenoxy) is 2. The molecule has 0 atom stereocenters. The van der Waals surface area contributed by atoms with E-state index in [1.54, 1.807) is 31.1 Å². The van der Waals surface area contributed by atoms with E-state index in [1.165, 1.54) is 17.9 Å². The van der Waals surface area contributed by atoms with Crippen LogP contribution in [0.15, 0.2) is 17.8 Å². The van der Waals surface area contributed by atoms with E-state index in [-0.39, 0.29) is 24.1 Å². The summed E-state index contributed by atoms with van der Waals surface area (Å²) in [5, 5.41) is 1.29. The molecule has 32 heavy (non-hydrogen) atoms. The third-order valence-corrected chi connectivity index (χ3v) is 6.32. The van der Waals surface area contributed by atoms with Crippen LogP contribution >= 0.6 is 0 Å². The predicted molar refractivity (Wildman–Crippen MR) is 121 cm³/mol. The van der Waals surface area contributed by atoms with Crippen molar-refractivity contribution in [1.82, 2.24) is 14.9 Å². The van der Waals surface area contributed by atoms with Crippen LogP contribution in [0.5, 0.6) is 5.75 Å². The van der Waals surface area contributed by atoms with Gasteiger partial charge in [0.25, 0.3) is 0 Å². The van der Waals surface area contributed by atoms with Crippen molar-refractivity contribution in [2.24, 2.45) is 17.5 Å². The number of alkyl halides is 1. The van der Waals surface area contributed by atoms with Gasteiger partial charge in [-0.1, -0.05) is 12.8 Å². The van der Waals surface area contributed by atoms with Crippen molar-refractivity contribution < 1.29 is 18.7 Å². The highest BCUT2D eigenvalue weighted by atomic mass is 19.1. The van der Waals surface area contributed by atoms with E-state index >= 15 is 0 Å². The Hall–Kier alpha value is -2.55. The lowest BCUT2D eigenvalue weighted by Crippen LogP contribution is -2.37. The Kier molecular flexibility index (Phi) is 8.55. The van der Waals surface area contributed by atoms with Crippen molar-refractivity contribution in [2.75, 3.05) is 27.2 Å². The molecule has 2 aliphatic rings. The van der Waals surface area contributed by atoms with E-state index in [0.29, 0.717) is 29.6 Å². The second-order valence-corrected chi connectivity index (χ2v) is 8.86. The van der Waals surface area contributed by atoms with Crippen molar-refractivity contribution in [1.29, 1.82) is 0 Å². The number of hydrogen-bond acceptors (Lipinski definition) is 7. The third-order valence-electron chi connectivity index (χ3n) is 6.32. The molecule has 0 aromatic carbocycles. The van der Waals surface area contributed by atoms with Gasteiger partial charge in [-0.3, -0.25) is 0 Å². The van der Waals surface area contributed by atoms with Crippen molar-refractivity contribution >= 4 is 11.8 Å². The molecule has 0 unspecified atom stereocenters. The van der Waals surface area contributed by atoms with E-state index in [4.69, 9.17) is 21.1 Å². The van der Waals surface area contributed by atoms with E-state index in [9.17, 15) is 9.18 Å². The number of halogens is 1. The Morgan fingerprint density at radius 1 is 1.16 bits per heavy atom. The summed E-state index contributed by atoms with van der Waals surface area (Å²) in [7, 11) is 3.32. The van der Waals surface area contributed by atoms with E-state index in [0.717, 1.165) is 38.5 Å². The molecule has 0 radical (unpaired) electrons. The zero-order valence-electron chi connectivity index (χ0n) is 19.2. The normalized spacial score (nSPS) is 17.9. The predicted octanol–water partition coefficient (Wildman–Crippen LogP) is 3.56. The molecule has 2 saturated carbocycles. The maximum Gasteiger partial charge on any atom is 0.409 e.